The summed E-state index contributed by atoms with van der Waals surface area (Å²) in [6.07, 6.45) is 1.06. The Balaban J connectivity index is 4.18. The minimum atomic E-state index is -3.44. The van der Waals surface area contributed by atoms with Crippen LogP contribution in [0, 0.1) is 0 Å². The molecule has 7 heteroatoms. The molecule has 0 aromatic carbocycles. The molecule has 0 bridgehead atoms. The first kappa shape index (κ1) is 16.3. The fraction of sp³-hybridized carbons (Fsp3) is 0.900. The number of carboxylic acids is 1. The van der Waals surface area contributed by atoms with Crippen LogP contribution in [-0.2, 0) is 15.0 Å². The van der Waals surface area contributed by atoms with Gasteiger partial charge >= 0.3 is 5.97 Å². The van der Waals surface area contributed by atoms with Crippen molar-refractivity contribution in [3.05, 3.63) is 0 Å². The summed E-state index contributed by atoms with van der Waals surface area (Å²) in [6.45, 7) is 6.14. The molecule has 0 aliphatic rings. The van der Waals surface area contributed by atoms with Crippen molar-refractivity contribution in [2.75, 3.05) is 13.1 Å². The Bertz CT molecular complexity index is 325. The van der Waals surface area contributed by atoms with Gasteiger partial charge in [0.25, 0.3) is 10.2 Å². The molecule has 0 fully saturated rings. The number of rotatable bonds is 9. The standard InChI is InChI=1S/C10H22N2O4S/c1-4-12(5-2)17(15,16)11-9(3)7-6-8-10(13)14/h9,11H,4-8H2,1-3H3,(H,13,14). The van der Waals surface area contributed by atoms with E-state index in [2.05, 4.69) is 4.72 Å². The van der Waals surface area contributed by atoms with Gasteiger partial charge in [-0.15, -0.1) is 0 Å². The van der Waals surface area contributed by atoms with Crippen LogP contribution in [0.3, 0.4) is 0 Å². The van der Waals surface area contributed by atoms with Gasteiger partial charge in [0.05, 0.1) is 0 Å². The summed E-state index contributed by atoms with van der Waals surface area (Å²) in [5.41, 5.74) is 0. The lowest BCUT2D eigenvalue weighted by atomic mass is 10.1. The number of carboxylic acid groups (broad SMARTS) is 1. The Morgan fingerprint density at radius 3 is 2.29 bits per heavy atom. The summed E-state index contributed by atoms with van der Waals surface area (Å²) in [5, 5.41) is 8.48. The summed E-state index contributed by atoms with van der Waals surface area (Å²) < 4.78 is 27.5. The van der Waals surface area contributed by atoms with Crippen molar-refractivity contribution in [1.82, 2.24) is 9.03 Å². The van der Waals surface area contributed by atoms with Crippen molar-refractivity contribution in [3.8, 4) is 0 Å². The Labute approximate surface area is 103 Å². The number of hydrogen-bond donors (Lipinski definition) is 2. The summed E-state index contributed by atoms with van der Waals surface area (Å²) >= 11 is 0. The molecule has 6 nitrogen and oxygen atoms in total. The van der Waals surface area contributed by atoms with Crippen LogP contribution in [0.1, 0.15) is 40.0 Å². The van der Waals surface area contributed by atoms with Crippen LogP contribution < -0.4 is 4.72 Å². The summed E-state index contributed by atoms with van der Waals surface area (Å²) in [4.78, 5) is 10.3. The third-order valence-electron chi connectivity index (χ3n) is 2.42. The lowest BCUT2D eigenvalue weighted by Gasteiger charge is -2.22. The molecule has 0 aromatic heterocycles. The fourth-order valence-corrected chi connectivity index (χ4v) is 2.97. The van der Waals surface area contributed by atoms with Crippen LogP contribution >= 0.6 is 0 Å². The normalized spacial score (nSPS) is 13.9. The maximum absolute atomic E-state index is 11.8. The molecule has 0 radical (unpaired) electrons. The van der Waals surface area contributed by atoms with Gasteiger partial charge in [0.15, 0.2) is 0 Å². The van der Waals surface area contributed by atoms with Crippen LogP contribution in [0.2, 0.25) is 0 Å². The first-order chi connectivity index (χ1) is 7.83. The van der Waals surface area contributed by atoms with E-state index in [1.54, 1.807) is 20.8 Å². The quantitative estimate of drug-likeness (QED) is 0.646. The van der Waals surface area contributed by atoms with E-state index in [4.69, 9.17) is 5.11 Å². The molecular formula is C10H22N2O4S. The number of nitrogens with zero attached hydrogens (tertiary/aromatic N) is 1. The second kappa shape index (κ2) is 7.62. The van der Waals surface area contributed by atoms with Crippen LogP contribution in [0.25, 0.3) is 0 Å². The molecule has 0 saturated carbocycles. The zero-order chi connectivity index (χ0) is 13.5. The topological polar surface area (TPSA) is 86.7 Å². The van der Waals surface area contributed by atoms with Gasteiger partial charge in [-0.2, -0.15) is 17.4 Å². The molecule has 0 aromatic rings. The van der Waals surface area contributed by atoms with Gasteiger partial charge in [-0.05, 0) is 19.8 Å². The van der Waals surface area contributed by atoms with E-state index in [0.29, 0.717) is 25.9 Å². The van der Waals surface area contributed by atoms with Crippen molar-refractivity contribution >= 4 is 16.2 Å². The Hall–Kier alpha value is -0.660. The summed E-state index contributed by atoms with van der Waals surface area (Å²) in [7, 11) is -3.44. The summed E-state index contributed by atoms with van der Waals surface area (Å²) in [6, 6.07) is -0.250. The molecule has 2 N–H and O–H groups in total. The predicted octanol–water partition coefficient (Wildman–Crippen LogP) is 0.806. The molecule has 0 rings (SSSR count). The average Bonchev–Trinajstić information content (AvgIpc) is 2.17. The molecule has 1 unspecified atom stereocenters. The Morgan fingerprint density at radius 2 is 1.88 bits per heavy atom. The van der Waals surface area contributed by atoms with Gasteiger partial charge in [0, 0.05) is 25.6 Å². The van der Waals surface area contributed by atoms with Crippen molar-refractivity contribution in [2.45, 2.75) is 46.1 Å². The molecular weight excluding hydrogens is 244 g/mol. The number of carbonyl (C=O) groups is 1. The highest BCUT2D eigenvalue weighted by Gasteiger charge is 2.20. The predicted molar refractivity (Wildman–Crippen MR) is 65.9 cm³/mol. The van der Waals surface area contributed by atoms with Gasteiger partial charge < -0.3 is 5.11 Å². The van der Waals surface area contributed by atoms with Gasteiger partial charge in [-0.1, -0.05) is 13.8 Å². The van der Waals surface area contributed by atoms with E-state index in [0.717, 1.165) is 0 Å². The number of nitrogens with one attached hydrogen (secondary N) is 1. The smallest absolute Gasteiger partial charge is 0.303 e. The lowest BCUT2D eigenvalue weighted by molar-refractivity contribution is -0.137. The number of aliphatic carboxylic acids is 1. The third-order valence-corrected chi connectivity index (χ3v) is 4.32. The average molecular weight is 266 g/mol. The highest BCUT2D eigenvalue weighted by molar-refractivity contribution is 7.87. The van der Waals surface area contributed by atoms with Crippen LogP contribution in [0.4, 0.5) is 0 Å². The first-order valence-electron chi connectivity index (χ1n) is 5.82. The van der Waals surface area contributed by atoms with Gasteiger partial charge in [-0.25, -0.2) is 0 Å². The number of hydrogen-bond acceptors (Lipinski definition) is 3. The van der Waals surface area contributed by atoms with Crippen LogP contribution in [0.15, 0.2) is 0 Å². The lowest BCUT2D eigenvalue weighted by Crippen LogP contribution is -2.44. The first-order valence-corrected chi connectivity index (χ1v) is 7.26. The minimum Gasteiger partial charge on any atom is -0.481 e. The van der Waals surface area contributed by atoms with E-state index in [1.807, 2.05) is 0 Å². The second-order valence-corrected chi connectivity index (χ2v) is 5.60. The zero-order valence-corrected chi connectivity index (χ0v) is 11.5. The zero-order valence-electron chi connectivity index (χ0n) is 10.6. The molecule has 0 spiro atoms. The highest BCUT2D eigenvalue weighted by atomic mass is 32.2. The monoisotopic (exact) mass is 266 g/mol. The Kier molecular flexibility index (Phi) is 7.33. The molecule has 0 aliphatic heterocycles. The van der Waals surface area contributed by atoms with Gasteiger partial charge in [0.1, 0.15) is 0 Å². The van der Waals surface area contributed by atoms with Crippen molar-refractivity contribution in [1.29, 1.82) is 0 Å². The molecule has 0 aliphatic carbocycles. The van der Waals surface area contributed by atoms with Crippen LogP contribution in [-0.4, -0.2) is 42.9 Å². The minimum absolute atomic E-state index is 0.0668. The van der Waals surface area contributed by atoms with Crippen molar-refractivity contribution < 1.29 is 18.3 Å². The molecule has 0 amide bonds. The van der Waals surface area contributed by atoms with Crippen molar-refractivity contribution in [2.24, 2.45) is 0 Å². The maximum atomic E-state index is 11.8. The van der Waals surface area contributed by atoms with Crippen LogP contribution in [0.5, 0.6) is 0 Å². The van der Waals surface area contributed by atoms with E-state index in [-0.39, 0.29) is 12.5 Å². The van der Waals surface area contributed by atoms with Crippen molar-refractivity contribution in [3.63, 3.8) is 0 Å². The summed E-state index contributed by atoms with van der Waals surface area (Å²) in [5.74, 6) is -0.858. The van der Waals surface area contributed by atoms with Gasteiger partial charge in [-0.3, -0.25) is 4.79 Å². The molecule has 17 heavy (non-hydrogen) atoms. The second-order valence-electron chi connectivity index (χ2n) is 3.89. The maximum Gasteiger partial charge on any atom is 0.303 e. The fourth-order valence-electron chi connectivity index (χ4n) is 1.51. The van der Waals surface area contributed by atoms with Gasteiger partial charge in [0.2, 0.25) is 0 Å². The van der Waals surface area contributed by atoms with E-state index in [1.165, 1.54) is 4.31 Å². The van der Waals surface area contributed by atoms with E-state index >= 15 is 0 Å². The molecule has 102 valence electrons. The third kappa shape index (κ3) is 6.60. The molecule has 0 saturated heterocycles. The molecule has 0 heterocycles. The van der Waals surface area contributed by atoms with E-state index < -0.39 is 16.2 Å². The Morgan fingerprint density at radius 1 is 1.35 bits per heavy atom. The van der Waals surface area contributed by atoms with E-state index in [9.17, 15) is 13.2 Å². The largest absolute Gasteiger partial charge is 0.481 e. The molecule has 1 atom stereocenters. The highest BCUT2D eigenvalue weighted by Crippen LogP contribution is 2.04. The SMILES string of the molecule is CCN(CC)S(=O)(=O)NC(C)CCCC(=O)O.